The summed E-state index contributed by atoms with van der Waals surface area (Å²) >= 11 is 1.47. The highest BCUT2D eigenvalue weighted by molar-refractivity contribution is 7.12. The topological polar surface area (TPSA) is 51.2 Å². The second kappa shape index (κ2) is 7.44. The van der Waals surface area contributed by atoms with Gasteiger partial charge in [-0.15, -0.1) is 11.3 Å². The normalized spacial score (nSPS) is 10.5. The van der Waals surface area contributed by atoms with Gasteiger partial charge in [0.05, 0.1) is 24.2 Å². The molecule has 0 unspecified atom stereocenters. The van der Waals surface area contributed by atoms with Gasteiger partial charge in [-0.1, -0.05) is 0 Å². The third-order valence-corrected chi connectivity index (χ3v) is 4.59. The Hall–Kier alpha value is -2.73. The van der Waals surface area contributed by atoms with Crippen LogP contribution in [0.3, 0.4) is 0 Å². The second-order valence-electron chi connectivity index (χ2n) is 5.47. The predicted molar refractivity (Wildman–Crippen MR) is 97.6 cm³/mol. The third-order valence-electron chi connectivity index (χ3n) is 3.62. The van der Waals surface area contributed by atoms with E-state index in [9.17, 15) is 9.18 Å². The van der Waals surface area contributed by atoms with E-state index in [0.29, 0.717) is 5.69 Å². The maximum atomic E-state index is 13.1. The highest BCUT2D eigenvalue weighted by atomic mass is 32.1. The number of benzene rings is 2. The zero-order valence-electron chi connectivity index (χ0n) is 13.9. The van der Waals surface area contributed by atoms with Gasteiger partial charge < -0.3 is 10.1 Å². The van der Waals surface area contributed by atoms with Crippen molar-refractivity contribution >= 4 is 22.9 Å². The van der Waals surface area contributed by atoms with E-state index in [4.69, 9.17) is 4.74 Å². The molecule has 0 saturated carbocycles. The fraction of sp³-hybridized carbons (Fsp3) is 0.158. The van der Waals surface area contributed by atoms with Gasteiger partial charge in [-0.05, 0) is 55.5 Å². The lowest BCUT2D eigenvalue weighted by molar-refractivity contribution is -0.115. The van der Waals surface area contributed by atoms with Crippen LogP contribution in [-0.4, -0.2) is 18.0 Å². The summed E-state index contributed by atoms with van der Waals surface area (Å²) < 4.78 is 18.2. The van der Waals surface area contributed by atoms with Crippen LogP contribution in [0, 0.1) is 12.7 Å². The van der Waals surface area contributed by atoms with Crippen molar-refractivity contribution < 1.29 is 13.9 Å². The SMILES string of the molecule is COc1ccc(NC(=O)Cc2sc(C)nc2-c2ccc(F)cc2)cc1. The van der Waals surface area contributed by atoms with E-state index in [1.165, 1.54) is 23.5 Å². The Labute approximate surface area is 149 Å². The zero-order valence-corrected chi connectivity index (χ0v) is 14.7. The second-order valence-corrected chi connectivity index (χ2v) is 6.75. The molecule has 1 amide bonds. The van der Waals surface area contributed by atoms with E-state index in [0.717, 1.165) is 26.9 Å². The van der Waals surface area contributed by atoms with Gasteiger partial charge in [-0.25, -0.2) is 9.37 Å². The lowest BCUT2D eigenvalue weighted by Gasteiger charge is -2.07. The number of ether oxygens (including phenoxy) is 1. The molecule has 128 valence electrons. The number of hydrogen-bond donors (Lipinski definition) is 1. The molecular weight excluding hydrogens is 339 g/mol. The number of hydrogen-bond acceptors (Lipinski definition) is 4. The van der Waals surface area contributed by atoms with E-state index in [1.807, 2.05) is 6.92 Å². The first-order valence-electron chi connectivity index (χ1n) is 7.71. The number of methoxy groups -OCH3 is 1. The third kappa shape index (κ3) is 4.22. The van der Waals surface area contributed by atoms with Crippen molar-refractivity contribution in [3.05, 3.63) is 64.2 Å². The molecule has 0 aliphatic heterocycles. The van der Waals surface area contributed by atoms with Crippen molar-refractivity contribution in [1.29, 1.82) is 0 Å². The number of carbonyl (C=O) groups excluding carboxylic acids is 1. The minimum absolute atomic E-state index is 0.128. The van der Waals surface area contributed by atoms with E-state index in [2.05, 4.69) is 10.3 Å². The van der Waals surface area contributed by atoms with Crippen LogP contribution in [-0.2, 0) is 11.2 Å². The van der Waals surface area contributed by atoms with Crippen LogP contribution in [0.5, 0.6) is 5.75 Å². The van der Waals surface area contributed by atoms with Gasteiger partial charge >= 0.3 is 0 Å². The van der Waals surface area contributed by atoms with Crippen LogP contribution < -0.4 is 10.1 Å². The molecule has 3 rings (SSSR count). The number of aromatic nitrogens is 1. The molecule has 4 nitrogen and oxygen atoms in total. The minimum Gasteiger partial charge on any atom is -0.497 e. The molecule has 0 aliphatic carbocycles. The highest BCUT2D eigenvalue weighted by Gasteiger charge is 2.15. The number of halogens is 1. The molecule has 0 radical (unpaired) electrons. The van der Waals surface area contributed by atoms with Crippen LogP contribution in [0.4, 0.5) is 10.1 Å². The molecule has 0 spiro atoms. The number of anilines is 1. The van der Waals surface area contributed by atoms with Crippen molar-refractivity contribution in [3.63, 3.8) is 0 Å². The molecular formula is C19H17FN2O2S. The standard InChI is InChI=1S/C19H17FN2O2S/c1-12-21-19(13-3-5-14(20)6-4-13)17(25-12)11-18(23)22-15-7-9-16(24-2)10-8-15/h3-10H,11H2,1-2H3,(H,22,23). The van der Waals surface area contributed by atoms with Gasteiger partial charge in [0.1, 0.15) is 11.6 Å². The molecule has 1 aromatic heterocycles. The number of rotatable bonds is 5. The minimum atomic E-state index is -0.297. The first-order chi connectivity index (χ1) is 12.0. The molecule has 2 aromatic carbocycles. The molecule has 0 saturated heterocycles. The lowest BCUT2D eigenvalue weighted by atomic mass is 10.1. The van der Waals surface area contributed by atoms with Crippen LogP contribution in [0.25, 0.3) is 11.3 Å². The van der Waals surface area contributed by atoms with Crippen LogP contribution >= 0.6 is 11.3 Å². The Bertz CT molecular complexity index is 873. The molecule has 0 aliphatic rings. The Morgan fingerprint density at radius 2 is 1.84 bits per heavy atom. The van der Waals surface area contributed by atoms with Crippen molar-refractivity contribution in [2.75, 3.05) is 12.4 Å². The summed E-state index contributed by atoms with van der Waals surface area (Å²) in [4.78, 5) is 17.7. The molecule has 1 heterocycles. The fourth-order valence-corrected chi connectivity index (χ4v) is 3.40. The summed E-state index contributed by atoms with van der Waals surface area (Å²) in [6.07, 6.45) is 0.213. The van der Waals surface area contributed by atoms with E-state index in [1.54, 1.807) is 43.5 Å². The number of nitrogens with zero attached hydrogens (tertiary/aromatic N) is 1. The zero-order chi connectivity index (χ0) is 17.8. The average molecular weight is 356 g/mol. The monoisotopic (exact) mass is 356 g/mol. The molecule has 3 aromatic rings. The summed E-state index contributed by atoms with van der Waals surface area (Å²) in [5.41, 5.74) is 2.24. The van der Waals surface area contributed by atoms with Crippen LogP contribution in [0.15, 0.2) is 48.5 Å². The van der Waals surface area contributed by atoms with Gasteiger partial charge in [-0.3, -0.25) is 4.79 Å². The molecule has 1 N–H and O–H groups in total. The van der Waals surface area contributed by atoms with Crippen molar-refractivity contribution in [2.45, 2.75) is 13.3 Å². The van der Waals surface area contributed by atoms with Gasteiger partial charge in [-0.2, -0.15) is 0 Å². The predicted octanol–water partition coefficient (Wildman–Crippen LogP) is 4.45. The Balaban J connectivity index is 1.75. The van der Waals surface area contributed by atoms with Crippen LogP contribution in [0.1, 0.15) is 9.88 Å². The Morgan fingerprint density at radius 1 is 1.16 bits per heavy atom. The summed E-state index contributed by atoms with van der Waals surface area (Å²) in [6, 6.07) is 13.3. The van der Waals surface area contributed by atoms with E-state index < -0.39 is 0 Å². The first-order valence-corrected chi connectivity index (χ1v) is 8.53. The molecule has 6 heteroatoms. The number of thiazole rings is 1. The van der Waals surface area contributed by atoms with Crippen molar-refractivity contribution in [2.24, 2.45) is 0 Å². The highest BCUT2D eigenvalue weighted by Crippen LogP contribution is 2.29. The molecule has 0 bridgehead atoms. The molecule has 0 atom stereocenters. The van der Waals surface area contributed by atoms with Gasteiger partial charge in [0.25, 0.3) is 0 Å². The maximum Gasteiger partial charge on any atom is 0.229 e. The lowest BCUT2D eigenvalue weighted by Crippen LogP contribution is -2.14. The largest absolute Gasteiger partial charge is 0.497 e. The van der Waals surface area contributed by atoms with E-state index in [-0.39, 0.29) is 18.1 Å². The van der Waals surface area contributed by atoms with Gasteiger partial charge in [0.15, 0.2) is 0 Å². The smallest absolute Gasteiger partial charge is 0.229 e. The van der Waals surface area contributed by atoms with E-state index >= 15 is 0 Å². The quantitative estimate of drug-likeness (QED) is 0.735. The maximum absolute atomic E-state index is 13.1. The van der Waals surface area contributed by atoms with Gasteiger partial charge in [0, 0.05) is 16.1 Å². The van der Waals surface area contributed by atoms with Gasteiger partial charge in [0.2, 0.25) is 5.91 Å². The van der Waals surface area contributed by atoms with Crippen molar-refractivity contribution in [3.8, 4) is 17.0 Å². The summed E-state index contributed by atoms with van der Waals surface area (Å²) in [6.45, 7) is 1.89. The number of carbonyl (C=O) groups is 1. The van der Waals surface area contributed by atoms with Crippen LogP contribution in [0.2, 0.25) is 0 Å². The Kier molecular flexibility index (Phi) is 5.09. The number of nitrogens with one attached hydrogen (secondary N) is 1. The molecule has 25 heavy (non-hydrogen) atoms. The number of amides is 1. The number of aryl methyl sites for hydroxylation is 1. The summed E-state index contributed by atoms with van der Waals surface area (Å²) in [5.74, 6) is 0.307. The Morgan fingerprint density at radius 3 is 2.48 bits per heavy atom. The molecule has 0 fully saturated rings. The summed E-state index contributed by atoms with van der Waals surface area (Å²) in [5, 5.41) is 3.73. The fourth-order valence-electron chi connectivity index (χ4n) is 2.45. The first kappa shape index (κ1) is 17.1. The average Bonchev–Trinajstić information content (AvgIpc) is 2.96. The summed E-state index contributed by atoms with van der Waals surface area (Å²) in [7, 11) is 1.59. The van der Waals surface area contributed by atoms with Crippen molar-refractivity contribution in [1.82, 2.24) is 4.98 Å².